The van der Waals surface area contributed by atoms with Crippen molar-refractivity contribution < 1.29 is 18.3 Å². The molecule has 8 heteroatoms. The van der Waals surface area contributed by atoms with Gasteiger partial charge in [-0.25, -0.2) is 9.37 Å². The summed E-state index contributed by atoms with van der Waals surface area (Å²) >= 11 is 0. The van der Waals surface area contributed by atoms with Crippen molar-refractivity contribution in [3.8, 4) is 22.3 Å². The molecule has 0 aliphatic carbocycles. The van der Waals surface area contributed by atoms with Crippen molar-refractivity contribution >= 4 is 17.4 Å². The van der Waals surface area contributed by atoms with Crippen LogP contribution in [-0.4, -0.2) is 43.7 Å². The zero-order chi connectivity index (χ0) is 24.9. The summed E-state index contributed by atoms with van der Waals surface area (Å²) in [5.41, 5.74) is 9.60. The van der Waals surface area contributed by atoms with Crippen molar-refractivity contribution in [2.24, 2.45) is 0 Å². The van der Waals surface area contributed by atoms with Crippen molar-refractivity contribution in [2.75, 3.05) is 43.5 Å². The van der Waals surface area contributed by atoms with Crippen LogP contribution < -0.4 is 16.0 Å². The summed E-state index contributed by atoms with van der Waals surface area (Å²) in [4.78, 5) is 17.9. The molecule has 5 rings (SSSR count). The topological polar surface area (TPSA) is 80.5 Å². The standard InChI is InChI=1S/C24H22F2N4O2.C3H8/c25-21-12-16(30-7-9-32-10-8-30)2-4-18(21)20-13-19(23(27)29-22(20)26)14-1-3-17-15(11-14)5-6-28-24(17)31;1-3-2/h1-4,11-13H,5-10H2,(H2,27,29)(H,28,31);3H2,1-2H3. The summed E-state index contributed by atoms with van der Waals surface area (Å²) in [6.45, 7) is 7.34. The molecule has 2 aliphatic rings. The minimum Gasteiger partial charge on any atom is -0.383 e. The SMILES string of the molecule is CCC.Nc1nc(F)c(-c2ccc(N3CCOCC3)cc2F)cc1-c1ccc2c(c1)CCNC2=O. The number of pyridine rings is 1. The number of ether oxygens (including phenoxy) is 1. The number of hydrogen-bond donors (Lipinski definition) is 2. The zero-order valence-electron chi connectivity index (χ0n) is 20.0. The highest BCUT2D eigenvalue weighted by Crippen LogP contribution is 2.35. The average molecular weight is 481 g/mol. The van der Waals surface area contributed by atoms with Crippen LogP contribution in [0.4, 0.5) is 20.3 Å². The van der Waals surface area contributed by atoms with E-state index < -0.39 is 11.8 Å². The van der Waals surface area contributed by atoms with Crippen molar-refractivity contribution in [3.05, 3.63) is 65.4 Å². The van der Waals surface area contributed by atoms with Gasteiger partial charge in [-0.05, 0) is 47.9 Å². The molecule has 3 heterocycles. The Labute approximate surface area is 204 Å². The van der Waals surface area contributed by atoms with Gasteiger partial charge in [0.1, 0.15) is 11.6 Å². The smallest absolute Gasteiger partial charge is 0.251 e. The van der Waals surface area contributed by atoms with Crippen LogP contribution in [0.5, 0.6) is 0 Å². The zero-order valence-corrected chi connectivity index (χ0v) is 20.0. The molecule has 0 spiro atoms. The predicted molar refractivity (Wildman–Crippen MR) is 134 cm³/mol. The number of amides is 1. The summed E-state index contributed by atoms with van der Waals surface area (Å²) in [6, 6.07) is 11.6. The second-order valence-corrected chi connectivity index (χ2v) is 8.61. The van der Waals surface area contributed by atoms with E-state index in [1.165, 1.54) is 18.6 Å². The molecule has 184 valence electrons. The lowest BCUT2D eigenvalue weighted by atomic mass is 9.94. The first-order chi connectivity index (χ1) is 16.9. The van der Waals surface area contributed by atoms with Gasteiger partial charge in [-0.15, -0.1) is 0 Å². The van der Waals surface area contributed by atoms with Crippen LogP contribution in [0.3, 0.4) is 0 Å². The van der Waals surface area contributed by atoms with Gasteiger partial charge in [-0.3, -0.25) is 4.79 Å². The maximum atomic E-state index is 15.0. The Morgan fingerprint density at radius 1 is 1.00 bits per heavy atom. The van der Waals surface area contributed by atoms with Crippen LogP contribution in [-0.2, 0) is 11.2 Å². The van der Waals surface area contributed by atoms with E-state index in [2.05, 4.69) is 24.1 Å². The molecule has 3 N–H and O–H groups in total. The number of hydrogen-bond acceptors (Lipinski definition) is 5. The van der Waals surface area contributed by atoms with E-state index in [1.807, 2.05) is 11.0 Å². The number of anilines is 2. The highest BCUT2D eigenvalue weighted by atomic mass is 19.1. The van der Waals surface area contributed by atoms with Crippen LogP contribution >= 0.6 is 0 Å². The van der Waals surface area contributed by atoms with Crippen LogP contribution in [0.1, 0.15) is 36.2 Å². The van der Waals surface area contributed by atoms with Crippen molar-refractivity contribution in [1.29, 1.82) is 0 Å². The molecule has 0 bridgehead atoms. The highest BCUT2D eigenvalue weighted by Gasteiger charge is 2.21. The molecule has 1 fully saturated rings. The number of nitrogen functional groups attached to an aromatic ring is 1. The Balaban J connectivity index is 0.000000917. The van der Waals surface area contributed by atoms with Crippen molar-refractivity contribution in [1.82, 2.24) is 10.3 Å². The molecule has 0 saturated carbocycles. The maximum absolute atomic E-state index is 15.0. The number of carbonyl (C=O) groups excluding carboxylic acids is 1. The summed E-state index contributed by atoms with van der Waals surface area (Å²) in [5, 5.41) is 2.80. The van der Waals surface area contributed by atoms with E-state index in [9.17, 15) is 9.18 Å². The van der Waals surface area contributed by atoms with Crippen LogP contribution in [0, 0.1) is 11.8 Å². The third-order valence-electron chi connectivity index (χ3n) is 5.97. The lowest BCUT2D eigenvalue weighted by Gasteiger charge is -2.29. The van der Waals surface area contributed by atoms with Gasteiger partial charge >= 0.3 is 0 Å². The number of benzene rings is 2. The first-order valence-corrected chi connectivity index (χ1v) is 11.9. The average Bonchev–Trinajstić information content (AvgIpc) is 2.85. The number of fused-ring (bicyclic) bond motifs is 1. The number of morpholine rings is 1. The normalized spacial score (nSPS) is 15.1. The maximum Gasteiger partial charge on any atom is 0.251 e. The molecule has 2 aliphatic heterocycles. The van der Waals surface area contributed by atoms with E-state index in [4.69, 9.17) is 10.5 Å². The molecule has 0 atom stereocenters. The molecule has 35 heavy (non-hydrogen) atoms. The van der Waals surface area contributed by atoms with Crippen LogP contribution in [0.2, 0.25) is 0 Å². The number of aromatic nitrogens is 1. The predicted octanol–water partition coefficient (Wildman–Crippen LogP) is 4.81. The molecular formula is C27H30F2N4O2. The fourth-order valence-electron chi connectivity index (χ4n) is 4.26. The van der Waals surface area contributed by atoms with E-state index in [-0.39, 0.29) is 22.9 Å². The van der Waals surface area contributed by atoms with Crippen molar-refractivity contribution in [2.45, 2.75) is 26.7 Å². The van der Waals surface area contributed by atoms with Crippen LogP contribution in [0.25, 0.3) is 22.3 Å². The third kappa shape index (κ3) is 5.27. The molecule has 3 aromatic rings. The Hall–Kier alpha value is -3.52. The Morgan fingerprint density at radius 3 is 2.43 bits per heavy atom. The summed E-state index contributed by atoms with van der Waals surface area (Å²) in [7, 11) is 0. The first-order valence-electron chi connectivity index (χ1n) is 11.9. The largest absolute Gasteiger partial charge is 0.383 e. The Kier molecular flexibility index (Phi) is 7.60. The molecule has 1 saturated heterocycles. The van der Waals surface area contributed by atoms with Gasteiger partial charge in [-0.2, -0.15) is 4.39 Å². The number of nitrogens with one attached hydrogen (secondary N) is 1. The molecule has 2 aromatic carbocycles. The molecule has 1 aromatic heterocycles. The Morgan fingerprint density at radius 2 is 1.71 bits per heavy atom. The molecular weight excluding hydrogens is 450 g/mol. The number of nitrogens with zero attached hydrogens (tertiary/aromatic N) is 2. The number of nitrogens with two attached hydrogens (primary N) is 1. The second-order valence-electron chi connectivity index (χ2n) is 8.61. The van der Waals surface area contributed by atoms with Crippen LogP contribution in [0.15, 0.2) is 42.5 Å². The first kappa shape index (κ1) is 24.6. The van der Waals surface area contributed by atoms with Gasteiger partial charge in [0, 0.05) is 47.6 Å². The molecule has 6 nitrogen and oxygen atoms in total. The number of carbonyl (C=O) groups is 1. The number of halogens is 2. The van der Waals surface area contributed by atoms with Gasteiger partial charge in [-0.1, -0.05) is 32.4 Å². The van der Waals surface area contributed by atoms with Gasteiger partial charge in [0.2, 0.25) is 5.95 Å². The quantitative estimate of drug-likeness (QED) is 0.526. The van der Waals surface area contributed by atoms with Gasteiger partial charge in [0.05, 0.1) is 13.2 Å². The molecule has 0 radical (unpaired) electrons. The fourth-order valence-corrected chi connectivity index (χ4v) is 4.26. The molecule has 1 amide bonds. The van der Waals surface area contributed by atoms with E-state index in [0.717, 1.165) is 11.3 Å². The van der Waals surface area contributed by atoms with E-state index in [0.29, 0.717) is 56.0 Å². The van der Waals surface area contributed by atoms with E-state index >= 15 is 4.39 Å². The van der Waals surface area contributed by atoms with E-state index in [1.54, 1.807) is 24.3 Å². The minimum absolute atomic E-state index is 0.0109. The number of rotatable bonds is 3. The molecule has 0 unspecified atom stereocenters. The summed E-state index contributed by atoms with van der Waals surface area (Å²) in [5.74, 6) is -1.47. The summed E-state index contributed by atoms with van der Waals surface area (Å²) < 4.78 is 35.1. The Bertz CT molecular complexity index is 1230. The monoisotopic (exact) mass is 480 g/mol. The lowest BCUT2D eigenvalue weighted by molar-refractivity contribution is 0.0946. The van der Waals surface area contributed by atoms with Crippen molar-refractivity contribution in [3.63, 3.8) is 0 Å². The lowest BCUT2D eigenvalue weighted by Crippen LogP contribution is -2.36. The summed E-state index contributed by atoms with van der Waals surface area (Å²) in [6.07, 6.45) is 1.94. The van der Waals surface area contributed by atoms with Gasteiger partial charge in [0.25, 0.3) is 5.91 Å². The minimum atomic E-state index is -0.832. The fraction of sp³-hybridized carbons (Fsp3) is 0.333. The highest BCUT2D eigenvalue weighted by molar-refractivity contribution is 5.97. The van der Waals surface area contributed by atoms with Gasteiger partial charge < -0.3 is 20.7 Å². The van der Waals surface area contributed by atoms with Gasteiger partial charge in [0.15, 0.2) is 0 Å². The third-order valence-corrected chi connectivity index (χ3v) is 5.97. The second kappa shape index (κ2) is 10.8.